The molecule has 136 valence electrons. The van der Waals surface area contributed by atoms with E-state index in [2.05, 4.69) is 5.32 Å². The van der Waals surface area contributed by atoms with Gasteiger partial charge in [0.05, 0.1) is 11.1 Å². The highest BCUT2D eigenvalue weighted by Crippen LogP contribution is 2.34. The molecule has 0 bridgehead atoms. The minimum Gasteiger partial charge on any atom is -0.399 e. The molecule has 0 aliphatic rings. The van der Waals surface area contributed by atoms with Crippen LogP contribution in [0.1, 0.15) is 22.3 Å². The van der Waals surface area contributed by atoms with Crippen LogP contribution in [0.15, 0.2) is 36.4 Å². The maximum atomic E-state index is 13.0. The number of benzene rings is 2. The van der Waals surface area contributed by atoms with Crippen LogP contribution in [-0.4, -0.2) is 0 Å². The molecule has 0 unspecified atom stereocenters. The van der Waals surface area contributed by atoms with E-state index in [9.17, 15) is 26.3 Å². The summed E-state index contributed by atoms with van der Waals surface area (Å²) in [7, 11) is 0. The maximum absolute atomic E-state index is 13.0. The number of alkyl halides is 6. The Kier molecular flexibility index (Phi) is 5.17. The molecule has 25 heavy (non-hydrogen) atoms. The van der Waals surface area contributed by atoms with Crippen molar-refractivity contribution in [3.05, 3.63) is 58.7 Å². The van der Waals surface area contributed by atoms with Gasteiger partial charge in [-0.3, -0.25) is 0 Å². The summed E-state index contributed by atoms with van der Waals surface area (Å²) in [6, 6.07) is 6.58. The summed E-state index contributed by atoms with van der Waals surface area (Å²) in [6.45, 7) is -0.534. The third-order valence-electron chi connectivity index (χ3n) is 3.51. The molecule has 3 nitrogen and oxygen atoms in total. The van der Waals surface area contributed by atoms with Crippen LogP contribution in [0.5, 0.6) is 0 Å². The van der Waals surface area contributed by atoms with E-state index in [1.807, 2.05) is 0 Å². The zero-order valence-corrected chi connectivity index (χ0v) is 12.8. The summed E-state index contributed by atoms with van der Waals surface area (Å²) in [5.74, 6) is 0. The summed E-state index contributed by atoms with van der Waals surface area (Å²) in [4.78, 5) is 0. The van der Waals surface area contributed by atoms with E-state index >= 15 is 0 Å². The number of anilines is 2. The van der Waals surface area contributed by atoms with Crippen LogP contribution in [0.2, 0.25) is 0 Å². The van der Waals surface area contributed by atoms with Crippen molar-refractivity contribution in [2.24, 2.45) is 0 Å². The van der Waals surface area contributed by atoms with Crippen LogP contribution in [0, 0.1) is 0 Å². The first kappa shape index (κ1) is 18.9. The molecule has 0 aliphatic carbocycles. The molecular formula is C16H15F6N3. The Balaban J connectivity index is 2.18. The van der Waals surface area contributed by atoms with E-state index in [0.717, 1.165) is 12.1 Å². The first-order valence-corrected chi connectivity index (χ1v) is 7.10. The van der Waals surface area contributed by atoms with Crippen molar-refractivity contribution >= 4 is 11.4 Å². The van der Waals surface area contributed by atoms with Gasteiger partial charge in [0.2, 0.25) is 0 Å². The number of hydrogen-bond acceptors (Lipinski definition) is 3. The standard InChI is InChI=1S/C16H15F6N3/c17-15(18,19)13-5-11(23)3-1-9(13)7-25-8-10-2-4-12(24)6-14(10)16(20,21)22/h1-6,25H,7-8,23-24H2. The second-order valence-corrected chi connectivity index (χ2v) is 5.43. The Morgan fingerprint density at radius 1 is 0.680 bits per heavy atom. The summed E-state index contributed by atoms with van der Waals surface area (Å²) < 4.78 is 78.0. The predicted molar refractivity (Wildman–Crippen MR) is 82.3 cm³/mol. The van der Waals surface area contributed by atoms with Crippen molar-refractivity contribution in [1.29, 1.82) is 0 Å². The van der Waals surface area contributed by atoms with Gasteiger partial charge in [-0.25, -0.2) is 0 Å². The van der Waals surface area contributed by atoms with Crippen molar-refractivity contribution in [1.82, 2.24) is 5.32 Å². The highest BCUT2D eigenvalue weighted by molar-refractivity contribution is 5.47. The Labute approximate surface area is 139 Å². The zero-order chi connectivity index (χ0) is 18.8. The number of rotatable bonds is 4. The maximum Gasteiger partial charge on any atom is 0.416 e. The van der Waals surface area contributed by atoms with Crippen LogP contribution >= 0.6 is 0 Å². The van der Waals surface area contributed by atoms with Gasteiger partial charge in [0, 0.05) is 24.5 Å². The molecule has 0 heterocycles. The number of nitrogen functional groups attached to an aromatic ring is 2. The molecule has 0 aromatic heterocycles. The first-order valence-electron chi connectivity index (χ1n) is 7.10. The third kappa shape index (κ3) is 4.79. The van der Waals surface area contributed by atoms with Gasteiger partial charge in [-0.1, -0.05) is 12.1 Å². The highest BCUT2D eigenvalue weighted by Gasteiger charge is 2.34. The smallest absolute Gasteiger partial charge is 0.399 e. The normalized spacial score (nSPS) is 12.4. The fourth-order valence-corrected chi connectivity index (χ4v) is 2.36. The van der Waals surface area contributed by atoms with Gasteiger partial charge < -0.3 is 16.8 Å². The lowest BCUT2D eigenvalue weighted by atomic mass is 10.0. The molecule has 9 heteroatoms. The van der Waals surface area contributed by atoms with Gasteiger partial charge in [0.1, 0.15) is 0 Å². The van der Waals surface area contributed by atoms with E-state index in [0.29, 0.717) is 0 Å². The molecule has 0 amide bonds. The monoisotopic (exact) mass is 363 g/mol. The van der Waals surface area contributed by atoms with Crippen LogP contribution in [0.25, 0.3) is 0 Å². The fraction of sp³-hybridized carbons (Fsp3) is 0.250. The number of halogens is 6. The molecule has 0 saturated heterocycles. The van der Waals surface area contributed by atoms with E-state index < -0.39 is 23.5 Å². The predicted octanol–water partition coefficient (Wildman–Crippen LogP) is 4.18. The number of nitrogens with one attached hydrogen (secondary N) is 1. The Hall–Kier alpha value is -2.42. The lowest BCUT2D eigenvalue weighted by Gasteiger charge is -2.16. The number of hydrogen-bond donors (Lipinski definition) is 3. The molecule has 0 atom stereocenters. The van der Waals surface area contributed by atoms with E-state index in [1.165, 1.54) is 24.3 Å². The Morgan fingerprint density at radius 2 is 1.04 bits per heavy atom. The average molecular weight is 363 g/mol. The fourth-order valence-electron chi connectivity index (χ4n) is 2.36. The summed E-state index contributed by atoms with van der Waals surface area (Å²) in [5.41, 5.74) is 8.59. The minimum absolute atomic E-state index is 0.0473. The van der Waals surface area contributed by atoms with E-state index in [1.54, 1.807) is 0 Å². The SMILES string of the molecule is Nc1ccc(CNCc2ccc(N)cc2C(F)(F)F)c(C(F)(F)F)c1. The Bertz CT molecular complexity index is 689. The molecule has 2 rings (SSSR count). The van der Waals surface area contributed by atoms with Gasteiger partial charge >= 0.3 is 12.4 Å². The van der Waals surface area contributed by atoms with Crippen molar-refractivity contribution in [2.75, 3.05) is 11.5 Å². The minimum atomic E-state index is -4.61. The highest BCUT2D eigenvalue weighted by atomic mass is 19.4. The van der Waals surface area contributed by atoms with Crippen molar-refractivity contribution in [3.8, 4) is 0 Å². The van der Waals surface area contributed by atoms with Gasteiger partial charge in [-0.05, 0) is 35.4 Å². The van der Waals surface area contributed by atoms with Gasteiger partial charge in [0.15, 0.2) is 0 Å². The van der Waals surface area contributed by atoms with Crippen molar-refractivity contribution in [2.45, 2.75) is 25.4 Å². The summed E-state index contributed by atoms with van der Waals surface area (Å²) in [6.07, 6.45) is -9.21. The quantitative estimate of drug-likeness (QED) is 0.564. The molecule has 2 aromatic rings. The summed E-state index contributed by atoms with van der Waals surface area (Å²) >= 11 is 0. The molecule has 0 radical (unpaired) electrons. The van der Waals surface area contributed by atoms with E-state index in [4.69, 9.17) is 11.5 Å². The summed E-state index contributed by atoms with van der Waals surface area (Å²) in [5, 5.41) is 2.60. The van der Waals surface area contributed by atoms with Crippen LogP contribution in [0.3, 0.4) is 0 Å². The van der Waals surface area contributed by atoms with Crippen LogP contribution in [0.4, 0.5) is 37.7 Å². The van der Waals surface area contributed by atoms with E-state index in [-0.39, 0.29) is 35.6 Å². The van der Waals surface area contributed by atoms with Gasteiger partial charge in [-0.15, -0.1) is 0 Å². The molecule has 5 N–H and O–H groups in total. The molecular weight excluding hydrogens is 348 g/mol. The van der Waals surface area contributed by atoms with Crippen LogP contribution in [-0.2, 0) is 25.4 Å². The third-order valence-corrected chi connectivity index (χ3v) is 3.51. The lowest BCUT2D eigenvalue weighted by Crippen LogP contribution is -2.20. The van der Waals surface area contributed by atoms with Gasteiger partial charge in [-0.2, -0.15) is 26.3 Å². The largest absolute Gasteiger partial charge is 0.416 e. The van der Waals surface area contributed by atoms with Gasteiger partial charge in [0.25, 0.3) is 0 Å². The van der Waals surface area contributed by atoms with Crippen LogP contribution < -0.4 is 16.8 Å². The van der Waals surface area contributed by atoms with Crippen molar-refractivity contribution < 1.29 is 26.3 Å². The first-order chi connectivity index (χ1) is 11.5. The molecule has 0 aliphatic heterocycles. The zero-order valence-electron chi connectivity index (χ0n) is 12.8. The second-order valence-electron chi connectivity index (χ2n) is 5.43. The topological polar surface area (TPSA) is 64.1 Å². The molecule has 2 aromatic carbocycles. The average Bonchev–Trinajstić information content (AvgIpc) is 2.48. The molecule has 0 fully saturated rings. The molecule has 0 spiro atoms. The Morgan fingerprint density at radius 3 is 1.36 bits per heavy atom. The second kappa shape index (κ2) is 6.83. The molecule has 0 saturated carbocycles. The number of nitrogens with two attached hydrogens (primary N) is 2. The van der Waals surface area contributed by atoms with Crippen molar-refractivity contribution in [3.63, 3.8) is 0 Å². The lowest BCUT2D eigenvalue weighted by molar-refractivity contribution is -0.138.